The van der Waals surface area contributed by atoms with E-state index in [1.807, 2.05) is 6.92 Å². The van der Waals surface area contributed by atoms with Crippen LogP contribution in [0.2, 0.25) is 0 Å². The Kier molecular flexibility index (Phi) is 4.77. The Hall–Kier alpha value is -2.56. The van der Waals surface area contributed by atoms with Gasteiger partial charge in [-0.05, 0) is 43.2 Å². The molecular weight excluding hydrogens is 271 g/mol. The third-order valence-electron chi connectivity index (χ3n) is 2.98. The van der Waals surface area contributed by atoms with E-state index >= 15 is 0 Å². The molecule has 0 saturated heterocycles. The fourth-order valence-corrected chi connectivity index (χ4v) is 1.98. The number of benzene rings is 2. The summed E-state index contributed by atoms with van der Waals surface area (Å²) in [6.07, 6.45) is 0.616. The van der Waals surface area contributed by atoms with Gasteiger partial charge in [0.25, 0.3) is 0 Å². The molecule has 0 bridgehead atoms. The van der Waals surface area contributed by atoms with E-state index in [2.05, 4.69) is 10.6 Å². The summed E-state index contributed by atoms with van der Waals surface area (Å²) in [6, 6.07) is 12.2. The van der Waals surface area contributed by atoms with Gasteiger partial charge in [0, 0.05) is 6.04 Å². The third kappa shape index (κ3) is 4.49. The van der Waals surface area contributed by atoms with Crippen molar-refractivity contribution in [3.05, 3.63) is 59.9 Å². The Morgan fingerprint density at radius 2 is 1.86 bits per heavy atom. The molecule has 0 radical (unpaired) electrons. The van der Waals surface area contributed by atoms with Crippen LogP contribution in [0.15, 0.2) is 48.5 Å². The van der Waals surface area contributed by atoms with Gasteiger partial charge in [0.15, 0.2) is 0 Å². The lowest BCUT2D eigenvalue weighted by Crippen LogP contribution is -2.37. The zero-order valence-corrected chi connectivity index (χ0v) is 11.6. The van der Waals surface area contributed by atoms with Gasteiger partial charge in [-0.2, -0.15) is 0 Å². The highest BCUT2D eigenvalue weighted by molar-refractivity contribution is 5.89. The molecule has 0 aromatic heterocycles. The van der Waals surface area contributed by atoms with Crippen LogP contribution in [-0.2, 0) is 6.42 Å². The van der Waals surface area contributed by atoms with Crippen molar-refractivity contribution in [2.24, 2.45) is 0 Å². The molecule has 0 aliphatic carbocycles. The van der Waals surface area contributed by atoms with Crippen LogP contribution in [0.25, 0.3) is 0 Å². The zero-order valence-electron chi connectivity index (χ0n) is 11.6. The van der Waals surface area contributed by atoms with Crippen molar-refractivity contribution in [3.63, 3.8) is 0 Å². The summed E-state index contributed by atoms with van der Waals surface area (Å²) in [6.45, 7) is 1.85. The summed E-state index contributed by atoms with van der Waals surface area (Å²) in [7, 11) is 0. The standard InChI is InChI=1S/C16H17FN2O2/c1-11(10-12-6-8-13(20)9-7-12)18-16(21)19-15-5-3-2-4-14(15)17/h2-9,11,20H,10H2,1H3,(H2,18,19,21). The number of phenolic OH excluding ortho intramolecular Hbond substituents is 1. The lowest BCUT2D eigenvalue weighted by molar-refractivity contribution is 0.249. The molecule has 1 unspecified atom stereocenters. The zero-order chi connectivity index (χ0) is 15.2. The first kappa shape index (κ1) is 14.8. The summed E-state index contributed by atoms with van der Waals surface area (Å²) in [4.78, 5) is 11.8. The molecule has 0 fully saturated rings. The summed E-state index contributed by atoms with van der Waals surface area (Å²) in [5, 5.41) is 14.4. The number of carbonyl (C=O) groups excluding carboxylic acids is 1. The van der Waals surface area contributed by atoms with Gasteiger partial charge in [0.1, 0.15) is 11.6 Å². The van der Waals surface area contributed by atoms with Gasteiger partial charge in [-0.15, -0.1) is 0 Å². The number of halogens is 1. The predicted octanol–water partition coefficient (Wildman–Crippen LogP) is 3.28. The molecular formula is C16H17FN2O2. The molecule has 2 amide bonds. The summed E-state index contributed by atoms with van der Waals surface area (Å²) in [5.41, 5.74) is 1.14. The number of para-hydroxylation sites is 1. The molecule has 0 heterocycles. The van der Waals surface area contributed by atoms with E-state index in [-0.39, 0.29) is 17.5 Å². The van der Waals surface area contributed by atoms with Crippen molar-refractivity contribution in [2.75, 3.05) is 5.32 Å². The molecule has 21 heavy (non-hydrogen) atoms. The summed E-state index contributed by atoms with van der Waals surface area (Å²) < 4.78 is 13.4. The van der Waals surface area contributed by atoms with Crippen molar-refractivity contribution < 1.29 is 14.3 Å². The number of rotatable bonds is 4. The summed E-state index contributed by atoms with van der Waals surface area (Å²) >= 11 is 0. The summed E-state index contributed by atoms with van der Waals surface area (Å²) in [5.74, 6) is -0.268. The Morgan fingerprint density at radius 3 is 2.52 bits per heavy atom. The number of nitrogens with one attached hydrogen (secondary N) is 2. The monoisotopic (exact) mass is 288 g/mol. The van der Waals surface area contributed by atoms with E-state index in [0.717, 1.165) is 5.56 Å². The molecule has 0 spiro atoms. The predicted molar refractivity (Wildman–Crippen MR) is 79.8 cm³/mol. The van der Waals surface area contributed by atoms with Crippen molar-refractivity contribution >= 4 is 11.7 Å². The van der Waals surface area contributed by atoms with E-state index in [1.165, 1.54) is 12.1 Å². The van der Waals surface area contributed by atoms with Crippen LogP contribution in [0.4, 0.5) is 14.9 Å². The van der Waals surface area contributed by atoms with Crippen LogP contribution >= 0.6 is 0 Å². The van der Waals surface area contributed by atoms with E-state index in [9.17, 15) is 14.3 Å². The van der Waals surface area contributed by atoms with Gasteiger partial charge >= 0.3 is 6.03 Å². The minimum atomic E-state index is -0.473. The van der Waals surface area contributed by atoms with Gasteiger partial charge < -0.3 is 15.7 Å². The van der Waals surface area contributed by atoms with Crippen LogP contribution in [0, 0.1) is 5.82 Å². The fourth-order valence-electron chi connectivity index (χ4n) is 1.98. The number of aromatic hydroxyl groups is 1. The highest BCUT2D eigenvalue weighted by Crippen LogP contribution is 2.13. The van der Waals surface area contributed by atoms with Gasteiger partial charge in [0.05, 0.1) is 5.69 Å². The average Bonchev–Trinajstić information content (AvgIpc) is 2.44. The number of phenols is 1. The van der Waals surface area contributed by atoms with Crippen LogP contribution in [0.1, 0.15) is 12.5 Å². The highest BCUT2D eigenvalue weighted by atomic mass is 19.1. The number of carbonyl (C=O) groups is 1. The normalized spacial score (nSPS) is 11.7. The molecule has 2 aromatic rings. The molecule has 0 saturated carbocycles. The van der Waals surface area contributed by atoms with Crippen molar-refractivity contribution in [3.8, 4) is 5.75 Å². The second-order valence-corrected chi connectivity index (χ2v) is 4.85. The fraction of sp³-hybridized carbons (Fsp3) is 0.188. The molecule has 1 atom stereocenters. The maximum atomic E-state index is 13.4. The number of hydrogen-bond acceptors (Lipinski definition) is 2. The molecule has 0 aliphatic rings. The molecule has 5 heteroatoms. The Labute approximate surface area is 122 Å². The minimum Gasteiger partial charge on any atom is -0.508 e. The Balaban J connectivity index is 1.87. The van der Waals surface area contributed by atoms with E-state index in [0.29, 0.717) is 6.42 Å². The molecule has 2 aromatic carbocycles. The van der Waals surface area contributed by atoms with Gasteiger partial charge in [-0.1, -0.05) is 24.3 Å². The lowest BCUT2D eigenvalue weighted by Gasteiger charge is -2.15. The first-order valence-electron chi connectivity index (χ1n) is 6.64. The second-order valence-electron chi connectivity index (χ2n) is 4.85. The minimum absolute atomic E-state index is 0.124. The van der Waals surface area contributed by atoms with E-state index < -0.39 is 11.8 Å². The lowest BCUT2D eigenvalue weighted by atomic mass is 10.1. The molecule has 3 N–H and O–H groups in total. The maximum Gasteiger partial charge on any atom is 0.319 e. The topological polar surface area (TPSA) is 61.4 Å². The third-order valence-corrected chi connectivity index (χ3v) is 2.98. The average molecular weight is 288 g/mol. The maximum absolute atomic E-state index is 13.4. The first-order chi connectivity index (χ1) is 10.0. The van der Waals surface area contributed by atoms with Crippen molar-refractivity contribution in [1.82, 2.24) is 5.32 Å². The first-order valence-corrected chi connectivity index (χ1v) is 6.64. The van der Waals surface area contributed by atoms with E-state index in [4.69, 9.17) is 0 Å². The Bertz CT molecular complexity index is 614. The van der Waals surface area contributed by atoms with Crippen LogP contribution in [-0.4, -0.2) is 17.2 Å². The van der Waals surface area contributed by atoms with Crippen molar-refractivity contribution in [1.29, 1.82) is 0 Å². The molecule has 2 rings (SSSR count). The molecule has 4 nitrogen and oxygen atoms in total. The van der Waals surface area contributed by atoms with Gasteiger partial charge in [-0.25, -0.2) is 9.18 Å². The van der Waals surface area contributed by atoms with Gasteiger partial charge in [-0.3, -0.25) is 0 Å². The largest absolute Gasteiger partial charge is 0.508 e. The second kappa shape index (κ2) is 6.74. The Morgan fingerprint density at radius 1 is 1.19 bits per heavy atom. The number of anilines is 1. The SMILES string of the molecule is CC(Cc1ccc(O)cc1)NC(=O)Nc1ccccc1F. The van der Waals surface area contributed by atoms with E-state index in [1.54, 1.807) is 36.4 Å². The quantitative estimate of drug-likeness (QED) is 0.808. The van der Waals surface area contributed by atoms with Crippen molar-refractivity contribution in [2.45, 2.75) is 19.4 Å². The van der Waals surface area contributed by atoms with Crippen LogP contribution in [0.3, 0.4) is 0 Å². The van der Waals surface area contributed by atoms with Gasteiger partial charge in [0.2, 0.25) is 0 Å². The molecule has 110 valence electrons. The number of amides is 2. The number of hydrogen-bond donors (Lipinski definition) is 3. The highest BCUT2D eigenvalue weighted by Gasteiger charge is 2.10. The van der Waals surface area contributed by atoms with Crippen LogP contribution < -0.4 is 10.6 Å². The smallest absolute Gasteiger partial charge is 0.319 e. The molecule has 0 aliphatic heterocycles. The van der Waals surface area contributed by atoms with Crippen LogP contribution in [0.5, 0.6) is 5.75 Å². The number of urea groups is 1.